The quantitative estimate of drug-likeness (QED) is 0.156. The SMILES string of the molecule is CCCSC1CC(=O)N(CC[n+]2ccc(-c3ncc(-c4ccc(OC)cc4)o3)cc2)C1=O.O=S(=O)([O-])C(F)(F)F. The Morgan fingerprint density at radius 2 is 1.77 bits per heavy atom. The van der Waals surface area contributed by atoms with Gasteiger partial charge in [0.25, 0.3) is 0 Å². The number of thioether (sulfide) groups is 1. The van der Waals surface area contributed by atoms with Crippen LogP contribution >= 0.6 is 11.8 Å². The van der Waals surface area contributed by atoms with Crippen molar-refractivity contribution in [3.8, 4) is 28.5 Å². The van der Waals surface area contributed by atoms with Gasteiger partial charge in [0, 0.05) is 29.7 Å². The van der Waals surface area contributed by atoms with Gasteiger partial charge in [-0.15, -0.1) is 11.8 Å². The predicted molar refractivity (Wildman–Crippen MR) is 138 cm³/mol. The summed E-state index contributed by atoms with van der Waals surface area (Å²) in [7, 11) is -4.46. The molecule has 4 rings (SSSR count). The average Bonchev–Trinajstić information content (AvgIpc) is 3.50. The summed E-state index contributed by atoms with van der Waals surface area (Å²) in [6, 6.07) is 11.4. The molecule has 0 N–H and O–H groups in total. The van der Waals surface area contributed by atoms with Crippen molar-refractivity contribution in [2.45, 2.75) is 37.1 Å². The van der Waals surface area contributed by atoms with E-state index < -0.39 is 15.6 Å². The summed E-state index contributed by atoms with van der Waals surface area (Å²) < 4.78 is 72.0. The summed E-state index contributed by atoms with van der Waals surface area (Å²) in [4.78, 5) is 30.5. The van der Waals surface area contributed by atoms with Crippen LogP contribution in [0.25, 0.3) is 22.8 Å². The molecule has 1 aliphatic heterocycles. The number of alkyl halides is 3. The molecule has 0 bridgehead atoms. The Morgan fingerprint density at radius 3 is 2.33 bits per heavy atom. The van der Waals surface area contributed by atoms with Gasteiger partial charge in [-0.2, -0.15) is 13.2 Å². The standard InChI is InChI=1S/C24H26N3O4S.CHF3O3S/c1-3-14-32-21-15-22(28)27(24(21)29)13-12-26-10-8-18(9-11-26)23-25-16-20(31-23)17-4-6-19(30-2)7-5-17;2-1(3,4)8(5,6)7/h4-11,16,21H,3,12-15H2,1-2H3;(H,5,6,7)/q+1;/p-1. The largest absolute Gasteiger partial charge is 0.741 e. The summed E-state index contributed by atoms with van der Waals surface area (Å²) in [6.07, 6.45) is 6.82. The molecule has 1 unspecified atom stereocenters. The number of carbonyl (C=O) groups is 2. The third-order valence-corrected chi connectivity index (χ3v) is 7.59. The maximum atomic E-state index is 12.5. The molecular weight excluding hydrogens is 575 g/mol. The highest BCUT2D eigenvalue weighted by Gasteiger charge is 2.39. The van der Waals surface area contributed by atoms with Crippen molar-refractivity contribution in [1.29, 1.82) is 0 Å². The number of pyridine rings is 1. The molecule has 40 heavy (non-hydrogen) atoms. The van der Waals surface area contributed by atoms with Crippen LogP contribution in [0.1, 0.15) is 19.8 Å². The Balaban J connectivity index is 0.000000482. The molecule has 15 heteroatoms. The third-order valence-electron chi connectivity index (χ3n) is 5.61. The van der Waals surface area contributed by atoms with Crippen molar-refractivity contribution in [3.63, 3.8) is 0 Å². The zero-order valence-electron chi connectivity index (χ0n) is 21.5. The van der Waals surface area contributed by atoms with E-state index in [-0.39, 0.29) is 17.1 Å². The number of nitrogens with zero attached hydrogens (tertiary/aromatic N) is 3. The molecule has 0 saturated carbocycles. The molecule has 0 aliphatic carbocycles. The molecule has 3 heterocycles. The van der Waals surface area contributed by atoms with Gasteiger partial charge in [0.05, 0.1) is 25.1 Å². The minimum atomic E-state index is -6.09. The van der Waals surface area contributed by atoms with Gasteiger partial charge >= 0.3 is 5.51 Å². The molecule has 216 valence electrons. The van der Waals surface area contributed by atoms with Gasteiger partial charge in [0.2, 0.25) is 17.7 Å². The van der Waals surface area contributed by atoms with Crippen LogP contribution in [0.5, 0.6) is 5.75 Å². The fraction of sp³-hybridized carbons (Fsp3) is 0.360. The molecule has 3 aromatic rings. The van der Waals surface area contributed by atoms with Gasteiger partial charge < -0.3 is 13.7 Å². The molecule has 1 fully saturated rings. The lowest BCUT2D eigenvalue weighted by molar-refractivity contribution is -0.695. The molecule has 0 radical (unpaired) electrons. The van der Waals surface area contributed by atoms with Gasteiger partial charge in [0.1, 0.15) is 5.75 Å². The van der Waals surface area contributed by atoms with Crippen LogP contribution < -0.4 is 9.30 Å². The maximum Gasteiger partial charge on any atom is 0.485 e. The van der Waals surface area contributed by atoms with Gasteiger partial charge in [-0.3, -0.25) is 14.5 Å². The fourth-order valence-corrected chi connectivity index (χ4v) is 4.59. The van der Waals surface area contributed by atoms with E-state index in [1.165, 1.54) is 4.90 Å². The first-order valence-corrected chi connectivity index (χ1v) is 14.4. The van der Waals surface area contributed by atoms with E-state index in [2.05, 4.69) is 11.9 Å². The Morgan fingerprint density at radius 1 is 1.15 bits per heavy atom. The Bertz CT molecular complexity index is 1410. The van der Waals surface area contributed by atoms with Gasteiger partial charge in [-0.05, 0) is 36.4 Å². The van der Waals surface area contributed by atoms with Crippen molar-refractivity contribution in [2.24, 2.45) is 0 Å². The van der Waals surface area contributed by atoms with Crippen molar-refractivity contribution in [2.75, 3.05) is 19.4 Å². The summed E-state index contributed by atoms with van der Waals surface area (Å²) >= 11 is 1.58. The number of ether oxygens (including phenoxy) is 1. The monoisotopic (exact) mass is 601 g/mol. The van der Waals surface area contributed by atoms with E-state index in [0.717, 1.165) is 29.1 Å². The lowest BCUT2D eigenvalue weighted by Gasteiger charge is -2.12. The van der Waals surface area contributed by atoms with Gasteiger partial charge in [-0.1, -0.05) is 6.92 Å². The van der Waals surface area contributed by atoms with Crippen LogP contribution in [0.2, 0.25) is 0 Å². The highest BCUT2D eigenvalue weighted by Crippen LogP contribution is 2.27. The second kappa shape index (κ2) is 13.3. The number of hydrogen-bond donors (Lipinski definition) is 0. The van der Waals surface area contributed by atoms with Crippen LogP contribution in [-0.4, -0.2) is 64.8 Å². The zero-order chi connectivity index (χ0) is 29.5. The molecule has 1 atom stereocenters. The summed E-state index contributed by atoms with van der Waals surface area (Å²) in [6.45, 7) is 3.00. The number of imide groups is 1. The van der Waals surface area contributed by atoms with E-state index in [1.807, 2.05) is 53.4 Å². The number of oxazole rings is 1. The van der Waals surface area contributed by atoms with E-state index in [4.69, 9.17) is 22.1 Å². The van der Waals surface area contributed by atoms with Crippen molar-refractivity contribution < 1.29 is 49.5 Å². The summed E-state index contributed by atoms with van der Waals surface area (Å²) in [5, 5.41) is -0.222. The van der Waals surface area contributed by atoms with E-state index in [1.54, 1.807) is 25.1 Å². The Hall–Kier alpha value is -3.43. The topological polar surface area (TPSA) is 134 Å². The van der Waals surface area contributed by atoms with Crippen LogP contribution in [0.4, 0.5) is 13.2 Å². The lowest BCUT2D eigenvalue weighted by Crippen LogP contribution is -2.42. The second-order valence-electron chi connectivity index (χ2n) is 8.43. The maximum absolute atomic E-state index is 12.5. The zero-order valence-corrected chi connectivity index (χ0v) is 23.1. The first-order valence-electron chi connectivity index (χ1n) is 11.9. The molecule has 1 saturated heterocycles. The van der Waals surface area contributed by atoms with E-state index in [9.17, 15) is 22.8 Å². The number of likely N-dealkylation sites (tertiary alicyclic amines) is 1. The van der Waals surface area contributed by atoms with E-state index in [0.29, 0.717) is 31.2 Å². The number of hydrogen-bond acceptors (Lipinski definition) is 9. The summed E-state index contributed by atoms with van der Waals surface area (Å²) in [5.74, 6) is 2.76. The minimum absolute atomic E-state index is 0.0588. The number of rotatable bonds is 9. The number of methoxy groups -OCH3 is 1. The summed E-state index contributed by atoms with van der Waals surface area (Å²) in [5.41, 5.74) is -3.87. The van der Waals surface area contributed by atoms with Gasteiger partial charge in [-0.25, -0.2) is 18.0 Å². The number of amides is 2. The fourth-order valence-electron chi connectivity index (χ4n) is 3.54. The highest BCUT2D eigenvalue weighted by molar-refractivity contribution is 8.00. The van der Waals surface area contributed by atoms with Crippen LogP contribution in [0.15, 0.2) is 59.4 Å². The number of benzene rings is 1. The number of carbonyl (C=O) groups excluding carboxylic acids is 2. The van der Waals surface area contributed by atoms with E-state index >= 15 is 0 Å². The number of halogens is 3. The molecule has 2 aromatic heterocycles. The first-order chi connectivity index (χ1) is 18.8. The van der Waals surface area contributed by atoms with Crippen LogP contribution in [-0.2, 0) is 26.3 Å². The highest BCUT2D eigenvalue weighted by atomic mass is 32.2. The van der Waals surface area contributed by atoms with Crippen molar-refractivity contribution in [3.05, 3.63) is 55.0 Å². The van der Waals surface area contributed by atoms with Gasteiger partial charge in [0.15, 0.2) is 34.8 Å². The molecule has 0 spiro atoms. The minimum Gasteiger partial charge on any atom is -0.741 e. The lowest BCUT2D eigenvalue weighted by atomic mass is 10.2. The smallest absolute Gasteiger partial charge is 0.485 e. The Kier molecular flexibility index (Phi) is 10.3. The van der Waals surface area contributed by atoms with Crippen LogP contribution in [0.3, 0.4) is 0 Å². The normalized spacial score (nSPS) is 15.7. The molecular formula is C25H26F3N3O7S2. The number of aromatic nitrogens is 2. The molecule has 1 aliphatic rings. The predicted octanol–water partition coefficient (Wildman–Crippen LogP) is 3.63. The average molecular weight is 602 g/mol. The first kappa shape index (κ1) is 31.1. The Labute approximate surface area is 232 Å². The third kappa shape index (κ3) is 8.05. The molecule has 10 nitrogen and oxygen atoms in total. The van der Waals surface area contributed by atoms with Crippen LogP contribution in [0, 0.1) is 0 Å². The van der Waals surface area contributed by atoms with Crippen molar-refractivity contribution in [1.82, 2.24) is 9.88 Å². The second-order valence-corrected chi connectivity index (χ2v) is 11.1. The molecule has 1 aromatic carbocycles. The van der Waals surface area contributed by atoms with Crippen molar-refractivity contribution >= 4 is 33.7 Å². The molecule has 2 amide bonds.